The molecule has 3 aliphatic rings. The molecule has 7 nitrogen and oxygen atoms in total. The number of benzene rings is 2. The molecule has 1 amide bonds. The summed E-state index contributed by atoms with van der Waals surface area (Å²) in [7, 11) is -3.51. The van der Waals surface area contributed by atoms with Gasteiger partial charge in [-0.1, -0.05) is 24.3 Å². The largest absolute Gasteiger partial charge is 0.490 e. The van der Waals surface area contributed by atoms with Gasteiger partial charge in [-0.15, -0.1) is 0 Å². The van der Waals surface area contributed by atoms with Gasteiger partial charge in [0.05, 0.1) is 24.2 Å². The number of amides is 1. The Balaban J connectivity index is 1.26. The maximum Gasteiger partial charge on any atom is 0.243 e. The van der Waals surface area contributed by atoms with Gasteiger partial charge in [0.2, 0.25) is 15.9 Å². The molecule has 33 heavy (non-hydrogen) atoms. The summed E-state index contributed by atoms with van der Waals surface area (Å²) in [5.74, 6) is 1.51. The molecule has 2 aromatic rings. The summed E-state index contributed by atoms with van der Waals surface area (Å²) in [5, 5.41) is 0. The summed E-state index contributed by atoms with van der Waals surface area (Å²) in [5.41, 5.74) is 1.08. The third-order valence-corrected chi connectivity index (χ3v) is 8.79. The smallest absolute Gasteiger partial charge is 0.243 e. The fraction of sp³-hybridized carbons (Fsp3) is 0.480. The Kier molecular flexibility index (Phi) is 6.29. The monoisotopic (exact) mass is 470 g/mol. The van der Waals surface area contributed by atoms with Crippen LogP contribution in [-0.4, -0.2) is 56.4 Å². The first-order valence-corrected chi connectivity index (χ1v) is 13.2. The Hall–Kier alpha value is -2.58. The molecule has 0 bridgehead atoms. The number of nitrogens with zero attached hydrogens (tertiary/aromatic N) is 2. The Morgan fingerprint density at radius 3 is 2.33 bits per heavy atom. The van der Waals surface area contributed by atoms with Gasteiger partial charge < -0.3 is 14.4 Å². The minimum Gasteiger partial charge on any atom is -0.490 e. The van der Waals surface area contributed by atoms with Gasteiger partial charge in [-0.25, -0.2) is 8.42 Å². The number of fused-ring (bicyclic) bond motifs is 1. The summed E-state index contributed by atoms with van der Waals surface area (Å²) < 4.78 is 38.9. The lowest BCUT2D eigenvalue weighted by molar-refractivity contribution is -0.137. The number of piperidine rings is 1. The third-order valence-electron chi connectivity index (χ3n) is 6.88. The van der Waals surface area contributed by atoms with Crippen molar-refractivity contribution in [1.29, 1.82) is 0 Å². The highest BCUT2D eigenvalue weighted by Gasteiger charge is 2.38. The van der Waals surface area contributed by atoms with Crippen molar-refractivity contribution >= 4 is 15.9 Å². The van der Waals surface area contributed by atoms with Crippen LogP contribution in [-0.2, 0) is 14.8 Å². The van der Waals surface area contributed by atoms with E-state index in [1.54, 1.807) is 30.3 Å². The second-order valence-corrected chi connectivity index (χ2v) is 10.9. The van der Waals surface area contributed by atoms with Crippen LogP contribution >= 0.6 is 0 Å². The summed E-state index contributed by atoms with van der Waals surface area (Å²) in [6, 6.07) is 14.6. The summed E-state index contributed by atoms with van der Waals surface area (Å²) in [4.78, 5) is 15.8. The number of rotatable bonds is 4. The second kappa shape index (κ2) is 9.35. The molecule has 0 aromatic heterocycles. The van der Waals surface area contributed by atoms with Crippen LogP contribution in [0.4, 0.5) is 0 Å². The molecule has 0 spiro atoms. The van der Waals surface area contributed by atoms with E-state index in [-0.39, 0.29) is 17.9 Å². The summed E-state index contributed by atoms with van der Waals surface area (Å²) >= 11 is 0. The number of sulfonamides is 1. The number of hydrogen-bond donors (Lipinski definition) is 0. The average Bonchev–Trinajstić information content (AvgIpc) is 3.23. The number of hydrogen-bond acceptors (Lipinski definition) is 5. The van der Waals surface area contributed by atoms with Crippen molar-refractivity contribution in [2.75, 3.05) is 32.8 Å². The van der Waals surface area contributed by atoms with Crippen LogP contribution in [0.15, 0.2) is 53.4 Å². The lowest BCUT2D eigenvalue weighted by Gasteiger charge is -2.34. The fourth-order valence-corrected chi connectivity index (χ4v) is 6.57. The van der Waals surface area contributed by atoms with Crippen molar-refractivity contribution in [3.05, 3.63) is 54.1 Å². The Bertz CT molecular complexity index is 1100. The Morgan fingerprint density at radius 1 is 0.848 bits per heavy atom. The minimum absolute atomic E-state index is 0.0285. The van der Waals surface area contributed by atoms with Crippen LogP contribution in [0.25, 0.3) is 0 Å². The van der Waals surface area contributed by atoms with E-state index in [0.717, 1.165) is 42.9 Å². The van der Waals surface area contributed by atoms with E-state index < -0.39 is 10.0 Å². The molecular weight excluding hydrogens is 440 g/mol. The zero-order valence-corrected chi connectivity index (χ0v) is 19.5. The molecule has 2 fully saturated rings. The predicted octanol–water partition coefficient (Wildman–Crippen LogP) is 3.61. The molecular formula is C25H30N2O5S. The quantitative estimate of drug-likeness (QED) is 0.682. The van der Waals surface area contributed by atoms with Gasteiger partial charge in [-0.2, -0.15) is 4.31 Å². The predicted molar refractivity (Wildman–Crippen MR) is 124 cm³/mol. The molecule has 2 saturated heterocycles. The van der Waals surface area contributed by atoms with Gasteiger partial charge in [-0.05, 0) is 55.5 Å². The lowest BCUT2D eigenvalue weighted by Crippen LogP contribution is -2.44. The third kappa shape index (κ3) is 4.46. The normalized spacial score (nSPS) is 22.2. The number of likely N-dealkylation sites (tertiary alicyclic amines) is 1. The van der Waals surface area contributed by atoms with Crippen molar-refractivity contribution in [2.45, 2.75) is 43.0 Å². The van der Waals surface area contributed by atoms with Crippen LogP contribution in [0.1, 0.15) is 43.7 Å². The molecule has 8 heteroatoms. The molecule has 176 valence electrons. The second-order valence-electron chi connectivity index (χ2n) is 8.94. The molecule has 0 radical (unpaired) electrons. The lowest BCUT2D eigenvalue weighted by atomic mass is 9.95. The van der Waals surface area contributed by atoms with E-state index in [1.165, 1.54) is 4.31 Å². The molecule has 0 saturated carbocycles. The highest BCUT2D eigenvalue weighted by molar-refractivity contribution is 7.89. The molecule has 1 unspecified atom stereocenters. The van der Waals surface area contributed by atoms with Crippen molar-refractivity contribution in [3.63, 3.8) is 0 Å². The number of ether oxygens (including phenoxy) is 2. The van der Waals surface area contributed by atoms with Crippen LogP contribution < -0.4 is 9.47 Å². The Morgan fingerprint density at radius 2 is 1.58 bits per heavy atom. The summed E-state index contributed by atoms with van der Waals surface area (Å²) in [6.07, 6.45) is 3.85. The summed E-state index contributed by atoms with van der Waals surface area (Å²) in [6.45, 7) is 2.76. The van der Waals surface area contributed by atoms with Crippen LogP contribution in [0.5, 0.6) is 11.5 Å². The van der Waals surface area contributed by atoms with E-state index in [2.05, 4.69) is 0 Å². The molecule has 3 aliphatic heterocycles. The van der Waals surface area contributed by atoms with E-state index in [4.69, 9.17) is 9.47 Å². The molecule has 1 atom stereocenters. The first kappa shape index (κ1) is 22.2. The number of carbonyl (C=O) groups is 1. The average molecular weight is 471 g/mol. The first-order valence-electron chi connectivity index (χ1n) is 11.8. The van der Waals surface area contributed by atoms with Crippen molar-refractivity contribution in [2.24, 2.45) is 5.92 Å². The van der Waals surface area contributed by atoms with E-state index >= 15 is 0 Å². The molecule has 3 heterocycles. The van der Waals surface area contributed by atoms with E-state index in [1.807, 2.05) is 23.1 Å². The molecule has 2 aromatic carbocycles. The highest BCUT2D eigenvalue weighted by atomic mass is 32.2. The van der Waals surface area contributed by atoms with Crippen molar-refractivity contribution < 1.29 is 22.7 Å². The topological polar surface area (TPSA) is 76.2 Å². The van der Waals surface area contributed by atoms with Gasteiger partial charge in [-0.3, -0.25) is 4.79 Å². The zero-order chi connectivity index (χ0) is 22.8. The Labute approximate surface area is 195 Å². The van der Waals surface area contributed by atoms with Crippen molar-refractivity contribution in [3.8, 4) is 11.5 Å². The van der Waals surface area contributed by atoms with Crippen molar-refractivity contribution in [1.82, 2.24) is 9.21 Å². The van der Waals surface area contributed by atoms with Gasteiger partial charge in [0.25, 0.3) is 0 Å². The van der Waals surface area contributed by atoms with Gasteiger partial charge in [0.15, 0.2) is 11.5 Å². The van der Waals surface area contributed by atoms with Crippen LogP contribution in [0.3, 0.4) is 0 Å². The minimum atomic E-state index is -3.51. The highest BCUT2D eigenvalue weighted by Crippen LogP contribution is 2.39. The fourth-order valence-electron chi connectivity index (χ4n) is 5.08. The molecule has 0 aliphatic carbocycles. The zero-order valence-electron chi connectivity index (χ0n) is 18.7. The maximum absolute atomic E-state index is 13.5. The molecule has 5 rings (SSSR count). The van der Waals surface area contributed by atoms with Crippen LogP contribution in [0, 0.1) is 5.92 Å². The van der Waals surface area contributed by atoms with Gasteiger partial charge in [0, 0.05) is 32.0 Å². The first-order chi connectivity index (χ1) is 16.0. The maximum atomic E-state index is 13.5. The van der Waals surface area contributed by atoms with Gasteiger partial charge >= 0.3 is 0 Å². The molecule has 0 N–H and O–H groups in total. The SMILES string of the molecule is O=C(C1CCN(S(=O)(=O)c2ccccc2)CC1)N1CCCC1c1ccc2c(c1)OCCCO2. The standard InChI is InChI=1S/C25H30N2O5S/c28-25(19-11-14-26(15-12-19)33(29,30)21-6-2-1-3-7-21)27-13-4-8-22(27)20-9-10-23-24(18-20)32-17-5-16-31-23/h1-3,6-7,9-10,18-19,22H,4-5,8,11-17H2. The van der Waals surface area contributed by atoms with Crippen LogP contribution in [0.2, 0.25) is 0 Å². The number of carbonyl (C=O) groups excluding carboxylic acids is 1. The van der Waals surface area contributed by atoms with Gasteiger partial charge in [0.1, 0.15) is 0 Å². The van der Waals surface area contributed by atoms with E-state index in [0.29, 0.717) is 44.0 Å². The van der Waals surface area contributed by atoms with E-state index in [9.17, 15) is 13.2 Å².